The number of benzene rings is 2. The SMILES string of the molecule is c1ccc(Cc2nc3ccccc3n2CC[NH+]2CCOCC2)cc1. The number of aromatic nitrogens is 2. The van der Waals surface area contributed by atoms with Crippen LogP contribution in [0, 0.1) is 0 Å². The highest BCUT2D eigenvalue weighted by Crippen LogP contribution is 2.18. The fourth-order valence-electron chi connectivity index (χ4n) is 3.47. The van der Waals surface area contributed by atoms with Crippen molar-refractivity contribution < 1.29 is 9.64 Å². The van der Waals surface area contributed by atoms with Gasteiger partial charge in [0, 0.05) is 6.42 Å². The predicted octanol–water partition coefficient (Wildman–Crippen LogP) is 1.54. The highest BCUT2D eigenvalue weighted by atomic mass is 16.5. The molecule has 0 bridgehead atoms. The van der Waals surface area contributed by atoms with Crippen molar-refractivity contribution in [1.29, 1.82) is 0 Å². The Labute approximate surface area is 142 Å². The molecular weight excluding hydrogens is 298 g/mol. The van der Waals surface area contributed by atoms with Crippen LogP contribution in [0.1, 0.15) is 11.4 Å². The Morgan fingerprint density at radius 1 is 0.958 bits per heavy atom. The molecule has 0 amide bonds. The first-order valence-corrected chi connectivity index (χ1v) is 8.79. The second-order valence-electron chi connectivity index (χ2n) is 6.44. The number of para-hydroxylation sites is 2. The number of morpholine rings is 1. The summed E-state index contributed by atoms with van der Waals surface area (Å²) in [5.74, 6) is 1.16. The van der Waals surface area contributed by atoms with Crippen LogP contribution in [0.2, 0.25) is 0 Å². The first-order valence-electron chi connectivity index (χ1n) is 8.79. The highest BCUT2D eigenvalue weighted by Gasteiger charge is 2.16. The van der Waals surface area contributed by atoms with Crippen LogP contribution in [-0.4, -0.2) is 42.4 Å². The van der Waals surface area contributed by atoms with E-state index in [4.69, 9.17) is 9.72 Å². The third-order valence-corrected chi connectivity index (χ3v) is 4.83. The van der Waals surface area contributed by atoms with Gasteiger partial charge in [0.25, 0.3) is 0 Å². The number of fused-ring (bicyclic) bond motifs is 1. The van der Waals surface area contributed by atoms with Crippen LogP contribution in [0.5, 0.6) is 0 Å². The van der Waals surface area contributed by atoms with Crippen molar-refractivity contribution >= 4 is 11.0 Å². The molecule has 1 N–H and O–H groups in total. The topological polar surface area (TPSA) is 31.5 Å². The average Bonchev–Trinajstić information content (AvgIpc) is 2.99. The Bertz CT molecular complexity index is 791. The lowest BCUT2D eigenvalue weighted by atomic mass is 10.1. The van der Waals surface area contributed by atoms with Gasteiger partial charge in [0.05, 0.1) is 37.3 Å². The van der Waals surface area contributed by atoms with Crippen LogP contribution in [0.25, 0.3) is 11.0 Å². The third-order valence-electron chi connectivity index (χ3n) is 4.83. The summed E-state index contributed by atoms with van der Waals surface area (Å²) in [4.78, 5) is 6.53. The monoisotopic (exact) mass is 322 g/mol. The molecule has 3 aromatic rings. The normalized spacial score (nSPS) is 15.8. The Morgan fingerprint density at radius 3 is 2.54 bits per heavy atom. The first-order chi connectivity index (χ1) is 11.9. The molecule has 0 atom stereocenters. The number of nitrogens with one attached hydrogen (secondary N) is 1. The Balaban J connectivity index is 1.60. The maximum atomic E-state index is 5.47. The maximum Gasteiger partial charge on any atom is 0.114 e. The van der Waals surface area contributed by atoms with E-state index in [1.165, 1.54) is 11.1 Å². The molecule has 0 aliphatic carbocycles. The summed E-state index contributed by atoms with van der Waals surface area (Å²) in [7, 11) is 0. The largest absolute Gasteiger partial charge is 0.370 e. The van der Waals surface area contributed by atoms with Crippen LogP contribution >= 0.6 is 0 Å². The summed E-state index contributed by atoms with van der Waals surface area (Å²) in [5, 5.41) is 0. The maximum absolute atomic E-state index is 5.47. The number of rotatable bonds is 5. The second kappa shape index (κ2) is 7.16. The third kappa shape index (κ3) is 3.35. The van der Waals surface area contributed by atoms with Gasteiger partial charge in [-0.25, -0.2) is 4.98 Å². The molecule has 2 aromatic carbocycles. The fraction of sp³-hybridized carbons (Fsp3) is 0.350. The molecule has 0 saturated carbocycles. The van der Waals surface area contributed by atoms with Gasteiger partial charge < -0.3 is 14.2 Å². The smallest absolute Gasteiger partial charge is 0.114 e. The van der Waals surface area contributed by atoms with Crippen molar-refractivity contribution in [3.05, 3.63) is 66.0 Å². The van der Waals surface area contributed by atoms with E-state index < -0.39 is 0 Å². The number of ether oxygens (including phenoxy) is 1. The minimum Gasteiger partial charge on any atom is -0.370 e. The quantitative estimate of drug-likeness (QED) is 0.773. The van der Waals surface area contributed by atoms with E-state index in [2.05, 4.69) is 59.2 Å². The zero-order valence-electron chi connectivity index (χ0n) is 13.9. The van der Waals surface area contributed by atoms with Crippen LogP contribution in [-0.2, 0) is 17.7 Å². The fourth-order valence-corrected chi connectivity index (χ4v) is 3.47. The van der Waals surface area contributed by atoms with Crippen molar-refractivity contribution in [2.45, 2.75) is 13.0 Å². The molecule has 0 radical (unpaired) electrons. The molecule has 4 nitrogen and oxygen atoms in total. The molecule has 4 rings (SSSR count). The summed E-state index contributed by atoms with van der Waals surface area (Å²) in [6.45, 7) is 6.14. The van der Waals surface area contributed by atoms with E-state index in [0.29, 0.717) is 0 Å². The lowest BCUT2D eigenvalue weighted by Gasteiger charge is -2.24. The average molecular weight is 322 g/mol. The summed E-state index contributed by atoms with van der Waals surface area (Å²) in [5.41, 5.74) is 3.66. The van der Waals surface area contributed by atoms with E-state index >= 15 is 0 Å². The zero-order chi connectivity index (χ0) is 16.2. The van der Waals surface area contributed by atoms with Crippen molar-refractivity contribution in [1.82, 2.24) is 9.55 Å². The molecule has 124 valence electrons. The van der Waals surface area contributed by atoms with Gasteiger partial charge in [-0.2, -0.15) is 0 Å². The number of quaternary nitrogens is 1. The minimum atomic E-state index is 0.883. The molecule has 2 heterocycles. The van der Waals surface area contributed by atoms with Crippen LogP contribution in [0.4, 0.5) is 0 Å². The van der Waals surface area contributed by atoms with Crippen molar-refractivity contribution in [3.63, 3.8) is 0 Å². The standard InChI is InChI=1S/C20H23N3O/c1-2-6-17(7-3-1)16-20-21-18-8-4-5-9-19(18)23(20)11-10-22-12-14-24-15-13-22/h1-9H,10-16H2/p+1. The van der Waals surface area contributed by atoms with Gasteiger partial charge in [-0.05, 0) is 17.7 Å². The van der Waals surface area contributed by atoms with Gasteiger partial charge in [0.15, 0.2) is 0 Å². The Kier molecular flexibility index (Phi) is 4.58. The van der Waals surface area contributed by atoms with Crippen LogP contribution < -0.4 is 4.90 Å². The zero-order valence-corrected chi connectivity index (χ0v) is 13.9. The molecule has 1 aromatic heterocycles. The van der Waals surface area contributed by atoms with Crippen molar-refractivity contribution in [3.8, 4) is 0 Å². The summed E-state index contributed by atoms with van der Waals surface area (Å²) >= 11 is 0. The van der Waals surface area contributed by atoms with Gasteiger partial charge >= 0.3 is 0 Å². The lowest BCUT2D eigenvalue weighted by molar-refractivity contribution is -0.908. The minimum absolute atomic E-state index is 0.883. The molecule has 1 saturated heterocycles. The number of hydrogen-bond donors (Lipinski definition) is 1. The van der Waals surface area contributed by atoms with Gasteiger partial charge in [-0.3, -0.25) is 0 Å². The molecule has 24 heavy (non-hydrogen) atoms. The van der Waals surface area contributed by atoms with Gasteiger partial charge in [-0.1, -0.05) is 42.5 Å². The van der Waals surface area contributed by atoms with Gasteiger partial charge in [-0.15, -0.1) is 0 Å². The molecular formula is C20H24N3O+. The van der Waals surface area contributed by atoms with Crippen LogP contribution in [0.3, 0.4) is 0 Å². The number of nitrogens with zero attached hydrogens (tertiary/aromatic N) is 2. The number of hydrogen-bond acceptors (Lipinski definition) is 2. The van der Waals surface area contributed by atoms with Crippen LogP contribution in [0.15, 0.2) is 54.6 Å². The van der Waals surface area contributed by atoms with Crippen molar-refractivity contribution in [2.75, 3.05) is 32.8 Å². The Hall–Kier alpha value is -2.17. The van der Waals surface area contributed by atoms with E-state index in [1.807, 2.05) is 0 Å². The van der Waals surface area contributed by atoms with Gasteiger partial charge in [0.2, 0.25) is 0 Å². The first kappa shape index (κ1) is 15.4. The van der Waals surface area contributed by atoms with Gasteiger partial charge in [0.1, 0.15) is 18.9 Å². The second-order valence-corrected chi connectivity index (χ2v) is 6.44. The number of imidazole rings is 1. The van der Waals surface area contributed by atoms with E-state index in [-0.39, 0.29) is 0 Å². The van der Waals surface area contributed by atoms with E-state index in [1.54, 1.807) is 4.90 Å². The predicted molar refractivity (Wildman–Crippen MR) is 95.4 cm³/mol. The van der Waals surface area contributed by atoms with E-state index in [0.717, 1.165) is 57.2 Å². The molecule has 0 spiro atoms. The molecule has 4 heteroatoms. The van der Waals surface area contributed by atoms with Crippen molar-refractivity contribution in [2.24, 2.45) is 0 Å². The lowest BCUT2D eigenvalue weighted by Crippen LogP contribution is -3.14. The molecule has 0 unspecified atom stereocenters. The summed E-state index contributed by atoms with van der Waals surface area (Å²) in [6.07, 6.45) is 0.883. The summed E-state index contributed by atoms with van der Waals surface area (Å²) in [6, 6.07) is 19.1. The molecule has 1 aliphatic rings. The summed E-state index contributed by atoms with van der Waals surface area (Å²) < 4.78 is 7.88. The highest BCUT2D eigenvalue weighted by molar-refractivity contribution is 5.76. The van der Waals surface area contributed by atoms with E-state index in [9.17, 15) is 0 Å². The molecule has 1 aliphatic heterocycles. The Morgan fingerprint density at radius 2 is 1.71 bits per heavy atom. The molecule has 1 fully saturated rings.